The minimum Gasteiger partial charge on any atom is -0.204 e. The molecule has 0 atom stereocenters. The molecule has 3 aromatic carbocycles. The number of rotatable bonds is 3. The van der Waals surface area contributed by atoms with Gasteiger partial charge >= 0.3 is 0 Å². The van der Waals surface area contributed by atoms with Gasteiger partial charge in [0.15, 0.2) is 11.6 Å². The van der Waals surface area contributed by atoms with Crippen LogP contribution in [0.4, 0.5) is 8.78 Å². The lowest BCUT2D eigenvalue weighted by Crippen LogP contribution is -1.86. The van der Waals surface area contributed by atoms with Gasteiger partial charge in [0.25, 0.3) is 0 Å². The molecule has 0 radical (unpaired) electrons. The van der Waals surface area contributed by atoms with Crippen LogP contribution in [-0.4, -0.2) is 0 Å². The van der Waals surface area contributed by atoms with Gasteiger partial charge in [0, 0.05) is 0 Å². The van der Waals surface area contributed by atoms with Crippen molar-refractivity contribution >= 4 is 10.8 Å². The molecule has 106 valence electrons. The van der Waals surface area contributed by atoms with E-state index >= 15 is 0 Å². The summed E-state index contributed by atoms with van der Waals surface area (Å²) in [5, 5.41) is 1.42. The van der Waals surface area contributed by atoms with Gasteiger partial charge in [-0.3, -0.25) is 0 Å². The Balaban J connectivity index is 2.02. The van der Waals surface area contributed by atoms with Gasteiger partial charge < -0.3 is 0 Å². The number of halogens is 2. The van der Waals surface area contributed by atoms with Crippen molar-refractivity contribution in [3.8, 4) is 11.1 Å². The van der Waals surface area contributed by atoms with Crippen molar-refractivity contribution in [1.29, 1.82) is 0 Å². The molecule has 0 aliphatic heterocycles. The molecular formula is C19H16F2. The number of hydrogen-bond acceptors (Lipinski definition) is 0. The molecule has 3 aromatic rings. The molecule has 0 saturated heterocycles. The van der Waals surface area contributed by atoms with Gasteiger partial charge in [-0.25, -0.2) is 8.78 Å². The van der Waals surface area contributed by atoms with Crippen LogP contribution in [0.15, 0.2) is 54.6 Å². The quantitative estimate of drug-likeness (QED) is 0.575. The lowest BCUT2D eigenvalue weighted by Gasteiger charge is -2.06. The van der Waals surface area contributed by atoms with E-state index in [4.69, 9.17) is 0 Å². The monoisotopic (exact) mass is 282 g/mol. The SMILES string of the molecule is CCCc1ccc(-c2ccc3cc(F)c(F)cc3c2)cc1. The Morgan fingerprint density at radius 1 is 0.714 bits per heavy atom. The van der Waals surface area contributed by atoms with Gasteiger partial charge in [-0.05, 0) is 52.1 Å². The first-order chi connectivity index (χ1) is 10.2. The van der Waals surface area contributed by atoms with Gasteiger partial charge in [0.05, 0.1) is 0 Å². The molecule has 0 spiro atoms. The van der Waals surface area contributed by atoms with Crippen LogP contribution >= 0.6 is 0 Å². The van der Waals surface area contributed by atoms with Crippen molar-refractivity contribution in [3.05, 3.63) is 71.8 Å². The predicted octanol–water partition coefficient (Wildman–Crippen LogP) is 5.74. The standard InChI is InChI=1S/C19H16F2/c1-2-3-13-4-6-14(7-5-13)15-8-9-16-11-18(20)19(21)12-17(16)10-15/h4-12H,2-3H2,1H3. The van der Waals surface area contributed by atoms with Crippen molar-refractivity contribution in [1.82, 2.24) is 0 Å². The third-order valence-electron chi connectivity index (χ3n) is 3.71. The van der Waals surface area contributed by atoms with E-state index in [0.29, 0.717) is 10.8 Å². The highest BCUT2D eigenvalue weighted by Gasteiger charge is 2.05. The Morgan fingerprint density at radius 2 is 1.33 bits per heavy atom. The van der Waals surface area contributed by atoms with Gasteiger partial charge in [0.2, 0.25) is 0 Å². The Hall–Kier alpha value is -2.22. The minimum atomic E-state index is -0.807. The number of benzene rings is 3. The molecule has 0 aliphatic carbocycles. The molecule has 21 heavy (non-hydrogen) atoms. The average Bonchev–Trinajstić information content (AvgIpc) is 2.49. The summed E-state index contributed by atoms with van der Waals surface area (Å²) in [6.45, 7) is 2.16. The summed E-state index contributed by atoms with van der Waals surface area (Å²) in [5.41, 5.74) is 3.41. The van der Waals surface area contributed by atoms with E-state index < -0.39 is 11.6 Å². The molecule has 0 N–H and O–H groups in total. The fourth-order valence-electron chi connectivity index (χ4n) is 2.57. The zero-order valence-corrected chi connectivity index (χ0v) is 11.9. The molecule has 2 heteroatoms. The maximum absolute atomic E-state index is 13.3. The number of fused-ring (bicyclic) bond motifs is 1. The van der Waals surface area contributed by atoms with Crippen molar-refractivity contribution in [2.75, 3.05) is 0 Å². The highest BCUT2D eigenvalue weighted by Crippen LogP contribution is 2.26. The van der Waals surface area contributed by atoms with Crippen LogP contribution in [0.25, 0.3) is 21.9 Å². The van der Waals surface area contributed by atoms with E-state index in [1.807, 2.05) is 18.2 Å². The number of hydrogen-bond donors (Lipinski definition) is 0. The van der Waals surface area contributed by atoms with Crippen molar-refractivity contribution in [2.45, 2.75) is 19.8 Å². The molecule has 0 amide bonds. The maximum atomic E-state index is 13.3. The second kappa shape index (κ2) is 5.65. The van der Waals surface area contributed by atoms with E-state index in [1.54, 1.807) is 0 Å². The minimum absolute atomic E-state index is 0.709. The third-order valence-corrected chi connectivity index (χ3v) is 3.71. The van der Waals surface area contributed by atoms with Crippen LogP contribution in [-0.2, 0) is 6.42 Å². The summed E-state index contributed by atoms with van der Waals surface area (Å²) in [7, 11) is 0. The van der Waals surface area contributed by atoms with Crippen LogP contribution in [0.2, 0.25) is 0 Å². The van der Waals surface area contributed by atoms with Crippen LogP contribution in [0.1, 0.15) is 18.9 Å². The molecule has 0 unspecified atom stereocenters. The first-order valence-electron chi connectivity index (χ1n) is 7.15. The summed E-state index contributed by atoms with van der Waals surface area (Å²) in [6, 6.07) is 16.5. The van der Waals surface area contributed by atoms with Gasteiger partial charge in [-0.15, -0.1) is 0 Å². The molecule has 0 aromatic heterocycles. The maximum Gasteiger partial charge on any atom is 0.159 e. The Kier molecular flexibility index (Phi) is 3.70. The summed E-state index contributed by atoms with van der Waals surface area (Å²) in [5.74, 6) is -1.61. The van der Waals surface area contributed by atoms with Gasteiger partial charge in [-0.2, -0.15) is 0 Å². The first-order valence-corrected chi connectivity index (χ1v) is 7.15. The second-order valence-electron chi connectivity index (χ2n) is 5.28. The molecule has 0 bridgehead atoms. The van der Waals surface area contributed by atoms with Gasteiger partial charge in [-0.1, -0.05) is 49.7 Å². The Bertz CT molecular complexity index is 773. The summed E-state index contributed by atoms with van der Waals surface area (Å²) in [4.78, 5) is 0. The van der Waals surface area contributed by atoms with Crippen molar-refractivity contribution < 1.29 is 8.78 Å². The Labute approximate surface area is 123 Å². The molecule has 0 fully saturated rings. The van der Waals surface area contributed by atoms with E-state index in [9.17, 15) is 8.78 Å². The molecule has 0 aliphatic rings. The smallest absolute Gasteiger partial charge is 0.159 e. The fourth-order valence-corrected chi connectivity index (χ4v) is 2.57. The third kappa shape index (κ3) is 2.80. The van der Waals surface area contributed by atoms with Crippen LogP contribution in [0.3, 0.4) is 0 Å². The summed E-state index contributed by atoms with van der Waals surface area (Å²) in [6.07, 6.45) is 2.20. The van der Waals surface area contributed by atoms with E-state index in [2.05, 4.69) is 31.2 Å². The summed E-state index contributed by atoms with van der Waals surface area (Å²) < 4.78 is 26.6. The van der Waals surface area contributed by atoms with Gasteiger partial charge in [0.1, 0.15) is 0 Å². The highest BCUT2D eigenvalue weighted by atomic mass is 19.2. The molecule has 0 saturated carbocycles. The summed E-state index contributed by atoms with van der Waals surface area (Å²) >= 11 is 0. The second-order valence-corrected chi connectivity index (χ2v) is 5.28. The van der Waals surface area contributed by atoms with Crippen molar-refractivity contribution in [3.63, 3.8) is 0 Å². The van der Waals surface area contributed by atoms with Crippen molar-refractivity contribution in [2.24, 2.45) is 0 Å². The van der Waals surface area contributed by atoms with E-state index in [-0.39, 0.29) is 0 Å². The van der Waals surface area contributed by atoms with E-state index in [0.717, 1.165) is 24.0 Å². The predicted molar refractivity (Wildman–Crippen MR) is 83.3 cm³/mol. The first kappa shape index (κ1) is 13.7. The lowest BCUT2D eigenvalue weighted by atomic mass is 9.99. The Morgan fingerprint density at radius 3 is 2.00 bits per heavy atom. The van der Waals surface area contributed by atoms with Crippen LogP contribution < -0.4 is 0 Å². The zero-order chi connectivity index (χ0) is 14.8. The van der Waals surface area contributed by atoms with Crippen LogP contribution in [0.5, 0.6) is 0 Å². The van der Waals surface area contributed by atoms with E-state index in [1.165, 1.54) is 17.7 Å². The zero-order valence-electron chi connectivity index (χ0n) is 11.9. The average molecular weight is 282 g/mol. The molecule has 0 heterocycles. The largest absolute Gasteiger partial charge is 0.204 e. The topological polar surface area (TPSA) is 0 Å². The lowest BCUT2D eigenvalue weighted by molar-refractivity contribution is 0.511. The highest BCUT2D eigenvalue weighted by molar-refractivity contribution is 5.87. The number of aryl methyl sites for hydroxylation is 1. The molecule has 0 nitrogen and oxygen atoms in total. The normalized spacial score (nSPS) is 11.0. The fraction of sp³-hybridized carbons (Fsp3) is 0.158. The van der Waals surface area contributed by atoms with Crippen LogP contribution in [0, 0.1) is 11.6 Å². The molecular weight excluding hydrogens is 266 g/mol. The molecule has 3 rings (SSSR count).